The number of rotatable bonds is 3. The second-order valence-corrected chi connectivity index (χ2v) is 6.49. The third-order valence-corrected chi connectivity index (χ3v) is 4.49. The second kappa shape index (κ2) is 7.31. The van der Waals surface area contributed by atoms with Crippen molar-refractivity contribution in [2.24, 2.45) is 0 Å². The van der Waals surface area contributed by atoms with E-state index in [1.165, 1.54) is 0 Å². The zero-order valence-corrected chi connectivity index (χ0v) is 14.7. The molecule has 1 aliphatic carbocycles. The zero-order chi connectivity index (χ0) is 19.6. The largest absolute Gasteiger partial charge is 0.407 e. The van der Waals surface area contributed by atoms with E-state index in [4.69, 9.17) is 6.57 Å². The van der Waals surface area contributed by atoms with Crippen molar-refractivity contribution in [3.05, 3.63) is 75.0 Å². The molecule has 1 aliphatic rings. The van der Waals surface area contributed by atoms with Crippen molar-refractivity contribution in [1.82, 2.24) is 4.68 Å². The van der Waals surface area contributed by atoms with Crippen LogP contribution in [0.2, 0.25) is 0 Å². The molecule has 2 aromatic rings. The molecule has 1 heterocycles. The molecule has 0 radical (unpaired) electrons. The Hall–Kier alpha value is -3.01. The van der Waals surface area contributed by atoms with Crippen molar-refractivity contribution in [2.75, 3.05) is 5.43 Å². The van der Waals surface area contributed by atoms with Gasteiger partial charge in [0, 0.05) is 11.3 Å². The number of nitrogens with one attached hydrogen (secondary N) is 1. The molecule has 0 atom stereocenters. The maximum absolute atomic E-state index is 13.4. The fourth-order valence-corrected chi connectivity index (χ4v) is 3.06. The summed E-state index contributed by atoms with van der Waals surface area (Å²) in [5.74, 6) is 0. The van der Waals surface area contributed by atoms with Gasteiger partial charge in [0.1, 0.15) is 0 Å². The molecule has 0 amide bonds. The summed E-state index contributed by atoms with van der Waals surface area (Å²) in [6.45, 7) is 8.96. The number of aromatic nitrogens is 1. The predicted octanol–water partition coefficient (Wildman–Crippen LogP) is 5.39. The smallest absolute Gasteiger partial charge is 0.297 e. The molecule has 0 aliphatic heterocycles. The van der Waals surface area contributed by atoms with Crippen molar-refractivity contribution >= 4 is 5.69 Å². The first-order valence-corrected chi connectivity index (χ1v) is 8.59. The van der Waals surface area contributed by atoms with Crippen LogP contribution in [0.4, 0.5) is 18.9 Å². The second-order valence-electron chi connectivity index (χ2n) is 6.49. The third kappa shape index (κ3) is 3.90. The summed E-state index contributed by atoms with van der Waals surface area (Å²) in [5.41, 5.74) is 2.05. The fraction of sp³-hybridized carbons (Fsp3) is 0.300. The average Bonchev–Trinajstić information content (AvgIpc) is 2.64. The van der Waals surface area contributed by atoms with Crippen LogP contribution in [0.1, 0.15) is 36.8 Å². The van der Waals surface area contributed by atoms with Crippen molar-refractivity contribution in [3.63, 3.8) is 0 Å². The summed E-state index contributed by atoms with van der Waals surface area (Å²) in [5, 5.41) is 0. The average molecular weight is 373 g/mol. The van der Waals surface area contributed by atoms with Gasteiger partial charge in [-0.05, 0) is 38.7 Å². The summed E-state index contributed by atoms with van der Waals surface area (Å²) in [7, 11) is 0. The summed E-state index contributed by atoms with van der Waals surface area (Å²) < 4.78 is 41.4. The highest BCUT2D eigenvalue weighted by Gasteiger charge is 2.36. The molecule has 1 aromatic carbocycles. The van der Waals surface area contributed by atoms with Gasteiger partial charge >= 0.3 is 6.18 Å². The monoisotopic (exact) mass is 373 g/mol. The van der Waals surface area contributed by atoms with E-state index >= 15 is 0 Å². The molecule has 7 heteroatoms. The van der Waals surface area contributed by atoms with Crippen molar-refractivity contribution < 1.29 is 13.2 Å². The lowest BCUT2D eigenvalue weighted by Crippen LogP contribution is -2.32. The van der Waals surface area contributed by atoms with Gasteiger partial charge in [-0.2, -0.15) is 13.2 Å². The molecule has 27 heavy (non-hydrogen) atoms. The van der Waals surface area contributed by atoms with Crippen LogP contribution in [0.5, 0.6) is 0 Å². The van der Waals surface area contributed by atoms with Gasteiger partial charge in [0.05, 0.1) is 17.8 Å². The van der Waals surface area contributed by atoms with Crippen LogP contribution >= 0.6 is 0 Å². The summed E-state index contributed by atoms with van der Waals surface area (Å²) in [6.07, 6.45) is 0.655. The number of hydrogen-bond donors (Lipinski definition) is 1. The van der Waals surface area contributed by atoms with Crippen molar-refractivity contribution in [2.45, 2.75) is 38.8 Å². The minimum atomic E-state index is -4.79. The van der Waals surface area contributed by atoms with E-state index in [9.17, 15) is 18.0 Å². The van der Waals surface area contributed by atoms with E-state index < -0.39 is 23.0 Å². The molecule has 0 saturated heterocycles. The Morgan fingerprint density at radius 3 is 2.44 bits per heavy atom. The number of hydrogen-bond acceptors (Lipinski definition) is 2. The Morgan fingerprint density at radius 2 is 1.89 bits per heavy atom. The van der Waals surface area contributed by atoms with E-state index in [1.807, 2.05) is 13.0 Å². The van der Waals surface area contributed by atoms with Crippen LogP contribution in [-0.4, -0.2) is 4.68 Å². The fourth-order valence-electron chi connectivity index (χ4n) is 3.06. The van der Waals surface area contributed by atoms with E-state index in [-0.39, 0.29) is 5.69 Å². The van der Waals surface area contributed by atoms with Gasteiger partial charge in [0.15, 0.2) is 0 Å². The van der Waals surface area contributed by atoms with Gasteiger partial charge in [-0.15, -0.1) is 0 Å². The van der Waals surface area contributed by atoms with Gasteiger partial charge in [0.2, 0.25) is 0 Å². The molecule has 0 bridgehead atoms. The van der Waals surface area contributed by atoms with Crippen LogP contribution in [0.15, 0.2) is 46.9 Å². The summed E-state index contributed by atoms with van der Waals surface area (Å²) in [6, 6.07) is 7.72. The molecule has 140 valence electrons. The number of alkyl halides is 3. The number of allylic oxidation sites excluding steroid dienone is 2. The van der Waals surface area contributed by atoms with E-state index in [2.05, 4.69) is 10.3 Å². The van der Waals surface area contributed by atoms with Crippen LogP contribution < -0.4 is 11.0 Å². The first-order chi connectivity index (χ1) is 12.8. The summed E-state index contributed by atoms with van der Waals surface area (Å²) >= 11 is 0. The maximum Gasteiger partial charge on any atom is 0.407 e. The molecular weight excluding hydrogens is 355 g/mol. The quantitative estimate of drug-likeness (QED) is 0.732. The van der Waals surface area contributed by atoms with E-state index in [1.54, 1.807) is 24.3 Å². The predicted molar refractivity (Wildman–Crippen MR) is 98.1 cm³/mol. The Kier molecular flexibility index (Phi) is 5.08. The van der Waals surface area contributed by atoms with Gasteiger partial charge in [0.25, 0.3) is 11.2 Å². The van der Waals surface area contributed by atoms with Gasteiger partial charge in [-0.3, -0.25) is 10.2 Å². The standard InChI is InChI=1S/C20H18F3N3O/c1-13-8-10-14(11-9-13)17-12-16(20(21,22)23)18(24-2)19(27)26(17)25-15-6-4-3-5-7-15/h6,8-12,25H,3-5,7H2,1H3. The lowest BCUT2D eigenvalue weighted by atomic mass is 10.0. The number of nitrogens with zero attached hydrogens (tertiary/aromatic N) is 2. The molecule has 0 spiro atoms. The number of pyridine rings is 1. The lowest BCUT2D eigenvalue weighted by molar-refractivity contribution is -0.136. The van der Waals surface area contributed by atoms with Gasteiger partial charge in [-0.25, -0.2) is 9.52 Å². The topological polar surface area (TPSA) is 38.4 Å². The number of benzene rings is 1. The Labute approximate surface area is 154 Å². The zero-order valence-electron chi connectivity index (χ0n) is 14.7. The van der Waals surface area contributed by atoms with Crippen LogP contribution in [-0.2, 0) is 6.18 Å². The molecule has 0 saturated carbocycles. The molecule has 0 unspecified atom stereocenters. The van der Waals surface area contributed by atoms with Crippen molar-refractivity contribution in [1.29, 1.82) is 0 Å². The van der Waals surface area contributed by atoms with Crippen LogP contribution in [0.3, 0.4) is 0 Å². The molecule has 0 fully saturated rings. The first-order valence-electron chi connectivity index (χ1n) is 8.59. The molecule has 4 nitrogen and oxygen atoms in total. The highest BCUT2D eigenvalue weighted by atomic mass is 19.4. The lowest BCUT2D eigenvalue weighted by Gasteiger charge is -2.22. The Bertz CT molecular complexity index is 980. The number of aryl methyl sites for hydroxylation is 1. The van der Waals surface area contributed by atoms with E-state index in [0.717, 1.165) is 41.3 Å². The minimum absolute atomic E-state index is 0.0752. The van der Waals surface area contributed by atoms with Crippen LogP contribution in [0, 0.1) is 13.5 Å². The normalized spacial score (nSPS) is 14.4. The molecule has 3 rings (SSSR count). The first kappa shape index (κ1) is 18.8. The van der Waals surface area contributed by atoms with Crippen molar-refractivity contribution in [3.8, 4) is 11.3 Å². The molecule has 1 aromatic heterocycles. The van der Waals surface area contributed by atoms with Crippen LogP contribution in [0.25, 0.3) is 16.1 Å². The minimum Gasteiger partial charge on any atom is -0.297 e. The van der Waals surface area contributed by atoms with Gasteiger partial charge < -0.3 is 0 Å². The maximum atomic E-state index is 13.4. The SMILES string of the molecule is [C-]#[N+]c1c(C(F)(F)F)cc(-c2ccc(C)cc2)n(NC2=CCCCC2)c1=O. The Morgan fingerprint density at radius 1 is 1.19 bits per heavy atom. The molecule has 1 N–H and O–H groups in total. The summed E-state index contributed by atoms with van der Waals surface area (Å²) in [4.78, 5) is 15.6. The third-order valence-electron chi connectivity index (χ3n) is 4.49. The highest BCUT2D eigenvalue weighted by molar-refractivity contribution is 5.66. The van der Waals surface area contributed by atoms with E-state index in [0.29, 0.717) is 12.0 Å². The highest BCUT2D eigenvalue weighted by Crippen LogP contribution is 2.37. The van der Waals surface area contributed by atoms with Gasteiger partial charge in [-0.1, -0.05) is 35.9 Å². The molecular formula is C20H18F3N3O. The Balaban J connectivity index is 2.25. The number of halogens is 3.